The molecule has 6 nitrogen and oxygen atoms in total. The van der Waals surface area contributed by atoms with Gasteiger partial charge < -0.3 is 10.1 Å². The number of rotatable bonds is 9. The summed E-state index contributed by atoms with van der Waals surface area (Å²) < 4.78 is 56.4. The zero-order chi connectivity index (χ0) is 24.0. The first-order valence-corrected chi connectivity index (χ1v) is 11.7. The monoisotopic (exact) mass is 514 g/mol. The number of nitrogens with zero attached hydrogens (tertiary/aromatic N) is 1. The van der Waals surface area contributed by atoms with Crippen molar-refractivity contribution in [2.45, 2.75) is 18.1 Å². The van der Waals surface area contributed by atoms with Gasteiger partial charge in [-0.15, -0.1) is 0 Å². The molecule has 0 unspecified atom stereocenters. The van der Waals surface area contributed by atoms with E-state index >= 15 is 0 Å². The highest BCUT2D eigenvalue weighted by molar-refractivity contribution is 7.89. The number of carbonyl (C=O) groups excluding carboxylic acids is 1. The molecule has 0 heterocycles. The molecule has 0 fully saturated rings. The summed E-state index contributed by atoms with van der Waals surface area (Å²) in [5.74, 6) is -0.701. The molecule has 0 aliphatic heterocycles. The lowest BCUT2D eigenvalue weighted by Crippen LogP contribution is -2.37. The molecule has 0 aliphatic rings. The lowest BCUT2D eigenvalue weighted by atomic mass is 10.2. The summed E-state index contributed by atoms with van der Waals surface area (Å²) >= 11 is 11.9. The SMILES string of the molecule is O=C(CN(Cc1ccccc1)S(=O)(=O)c1ccc(Cl)c(Cl)c1)Nc1ccc(OC(F)F)cc1. The Morgan fingerprint density at radius 2 is 1.64 bits per heavy atom. The van der Waals surface area contributed by atoms with Gasteiger partial charge in [0.15, 0.2) is 0 Å². The van der Waals surface area contributed by atoms with Crippen LogP contribution in [0.3, 0.4) is 0 Å². The van der Waals surface area contributed by atoms with E-state index in [0.29, 0.717) is 5.56 Å². The molecule has 3 aromatic carbocycles. The second-order valence-electron chi connectivity index (χ2n) is 6.79. The molecule has 3 rings (SSSR count). The fourth-order valence-corrected chi connectivity index (χ4v) is 4.65. The second kappa shape index (κ2) is 10.9. The third-order valence-corrected chi connectivity index (χ3v) is 6.94. The maximum Gasteiger partial charge on any atom is 0.387 e. The average Bonchev–Trinajstić information content (AvgIpc) is 2.77. The maximum atomic E-state index is 13.3. The van der Waals surface area contributed by atoms with Gasteiger partial charge in [-0.1, -0.05) is 53.5 Å². The number of benzene rings is 3. The van der Waals surface area contributed by atoms with E-state index < -0.39 is 29.1 Å². The molecule has 0 aliphatic carbocycles. The summed E-state index contributed by atoms with van der Waals surface area (Å²) in [6.07, 6.45) is 0. The standard InChI is InChI=1S/C22H18Cl2F2N2O4S/c23-19-11-10-18(12-20(19)24)33(30,31)28(13-15-4-2-1-3-5-15)14-21(29)27-16-6-8-17(9-7-16)32-22(25)26/h1-12,22H,13-14H2,(H,27,29). The predicted molar refractivity (Wildman–Crippen MR) is 122 cm³/mol. The van der Waals surface area contributed by atoms with E-state index in [-0.39, 0.29) is 32.9 Å². The molecular formula is C22H18Cl2F2N2O4S. The van der Waals surface area contributed by atoms with Gasteiger partial charge in [-0.2, -0.15) is 13.1 Å². The van der Waals surface area contributed by atoms with Gasteiger partial charge in [0, 0.05) is 12.2 Å². The van der Waals surface area contributed by atoms with E-state index in [0.717, 1.165) is 4.31 Å². The third-order valence-electron chi connectivity index (χ3n) is 4.41. The van der Waals surface area contributed by atoms with Gasteiger partial charge >= 0.3 is 6.61 Å². The van der Waals surface area contributed by atoms with Crippen molar-refractivity contribution in [3.63, 3.8) is 0 Å². The fourth-order valence-electron chi connectivity index (χ4n) is 2.88. The van der Waals surface area contributed by atoms with Crippen LogP contribution in [0, 0.1) is 0 Å². The van der Waals surface area contributed by atoms with Crippen molar-refractivity contribution < 1.29 is 26.7 Å². The zero-order valence-corrected chi connectivity index (χ0v) is 19.2. The molecule has 0 radical (unpaired) electrons. The molecule has 33 heavy (non-hydrogen) atoms. The van der Waals surface area contributed by atoms with Gasteiger partial charge in [0.25, 0.3) is 0 Å². The molecule has 174 valence electrons. The van der Waals surface area contributed by atoms with Crippen LogP contribution in [-0.2, 0) is 21.4 Å². The summed E-state index contributed by atoms with van der Waals surface area (Å²) in [7, 11) is -4.12. The minimum Gasteiger partial charge on any atom is -0.435 e. The minimum atomic E-state index is -4.12. The van der Waals surface area contributed by atoms with Crippen LogP contribution in [0.2, 0.25) is 10.0 Å². The van der Waals surface area contributed by atoms with Gasteiger partial charge in [-0.05, 0) is 48.0 Å². The van der Waals surface area contributed by atoms with Crippen LogP contribution in [0.1, 0.15) is 5.56 Å². The minimum absolute atomic E-state index is 0.0629. The van der Waals surface area contributed by atoms with Crippen molar-refractivity contribution >= 4 is 44.8 Å². The number of hydrogen-bond donors (Lipinski definition) is 1. The summed E-state index contributed by atoms with van der Waals surface area (Å²) in [5, 5.41) is 2.81. The Hall–Kier alpha value is -2.72. The van der Waals surface area contributed by atoms with E-state index in [9.17, 15) is 22.0 Å². The number of carbonyl (C=O) groups is 1. The fraction of sp³-hybridized carbons (Fsp3) is 0.136. The van der Waals surface area contributed by atoms with Gasteiger partial charge in [-0.3, -0.25) is 4.79 Å². The summed E-state index contributed by atoms with van der Waals surface area (Å²) in [5.41, 5.74) is 0.954. The number of hydrogen-bond acceptors (Lipinski definition) is 4. The normalized spacial score (nSPS) is 11.6. The number of amides is 1. The van der Waals surface area contributed by atoms with E-state index in [1.54, 1.807) is 30.3 Å². The number of ether oxygens (including phenoxy) is 1. The first-order chi connectivity index (χ1) is 15.6. The van der Waals surface area contributed by atoms with Crippen molar-refractivity contribution in [1.29, 1.82) is 0 Å². The first-order valence-electron chi connectivity index (χ1n) is 9.49. The van der Waals surface area contributed by atoms with Crippen molar-refractivity contribution in [2.75, 3.05) is 11.9 Å². The number of nitrogens with one attached hydrogen (secondary N) is 1. The first kappa shape index (κ1) is 24.9. The van der Waals surface area contributed by atoms with E-state index in [1.807, 2.05) is 0 Å². The lowest BCUT2D eigenvalue weighted by molar-refractivity contribution is -0.116. The molecular weight excluding hydrogens is 497 g/mol. The van der Waals surface area contributed by atoms with Crippen LogP contribution < -0.4 is 10.1 Å². The molecule has 1 N–H and O–H groups in total. The number of anilines is 1. The number of alkyl halides is 2. The van der Waals surface area contributed by atoms with Gasteiger partial charge in [0.05, 0.1) is 21.5 Å². The Kier molecular flexibility index (Phi) is 8.25. The Morgan fingerprint density at radius 1 is 0.970 bits per heavy atom. The summed E-state index contributed by atoms with van der Waals surface area (Å²) in [4.78, 5) is 12.5. The highest BCUT2D eigenvalue weighted by Gasteiger charge is 2.27. The third kappa shape index (κ3) is 6.88. The van der Waals surface area contributed by atoms with Crippen LogP contribution in [0.5, 0.6) is 5.75 Å². The maximum absolute atomic E-state index is 13.3. The van der Waals surface area contributed by atoms with Gasteiger partial charge in [-0.25, -0.2) is 8.42 Å². The zero-order valence-electron chi connectivity index (χ0n) is 16.9. The highest BCUT2D eigenvalue weighted by Crippen LogP contribution is 2.27. The van der Waals surface area contributed by atoms with Crippen LogP contribution in [-0.4, -0.2) is 31.8 Å². The van der Waals surface area contributed by atoms with Crippen molar-refractivity contribution in [3.05, 3.63) is 88.4 Å². The molecule has 0 spiro atoms. The molecule has 0 aromatic heterocycles. The summed E-state index contributed by atoms with van der Waals surface area (Å²) in [6, 6.07) is 17.9. The van der Waals surface area contributed by atoms with E-state index in [4.69, 9.17) is 23.2 Å². The number of sulfonamides is 1. The largest absolute Gasteiger partial charge is 0.435 e. The topological polar surface area (TPSA) is 75.7 Å². The van der Waals surface area contributed by atoms with E-state index in [2.05, 4.69) is 10.1 Å². The molecule has 3 aromatic rings. The quantitative estimate of drug-likeness (QED) is 0.413. The van der Waals surface area contributed by atoms with Gasteiger partial charge in [0.2, 0.25) is 15.9 Å². The van der Waals surface area contributed by atoms with Crippen LogP contribution in [0.15, 0.2) is 77.7 Å². The Morgan fingerprint density at radius 3 is 2.24 bits per heavy atom. The van der Waals surface area contributed by atoms with Crippen LogP contribution in [0.4, 0.5) is 14.5 Å². The Balaban J connectivity index is 1.82. The molecule has 0 atom stereocenters. The van der Waals surface area contributed by atoms with Crippen molar-refractivity contribution in [2.24, 2.45) is 0 Å². The molecule has 0 bridgehead atoms. The summed E-state index contributed by atoms with van der Waals surface area (Å²) in [6.45, 7) is -3.55. The average molecular weight is 515 g/mol. The van der Waals surface area contributed by atoms with Crippen LogP contribution >= 0.6 is 23.2 Å². The molecule has 0 saturated heterocycles. The molecule has 1 amide bonds. The molecule has 11 heteroatoms. The Labute approximate surface area is 199 Å². The highest BCUT2D eigenvalue weighted by atomic mass is 35.5. The Bertz CT molecular complexity index is 1210. The van der Waals surface area contributed by atoms with Gasteiger partial charge in [0.1, 0.15) is 5.75 Å². The second-order valence-corrected chi connectivity index (χ2v) is 9.54. The van der Waals surface area contributed by atoms with Crippen molar-refractivity contribution in [1.82, 2.24) is 4.31 Å². The lowest BCUT2D eigenvalue weighted by Gasteiger charge is -2.22. The molecule has 0 saturated carbocycles. The smallest absolute Gasteiger partial charge is 0.387 e. The predicted octanol–water partition coefficient (Wildman–Crippen LogP) is 5.42. The number of halogens is 4. The van der Waals surface area contributed by atoms with Crippen LogP contribution in [0.25, 0.3) is 0 Å². The van der Waals surface area contributed by atoms with E-state index in [1.165, 1.54) is 42.5 Å². The van der Waals surface area contributed by atoms with Crippen molar-refractivity contribution in [3.8, 4) is 5.75 Å².